The Balaban J connectivity index is 1.53. The Labute approximate surface area is 138 Å². The van der Waals surface area contributed by atoms with Crippen LogP contribution in [0.5, 0.6) is 0 Å². The molecule has 0 unspecified atom stereocenters. The van der Waals surface area contributed by atoms with E-state index in [9.17, 15) is 0 Å². The molecule has 3 aromatic rings. The molecule has 23 heavy (non-hydrogen) atoms. The molecular formula is C16H15ClN6. The minimum absolute atomic E-state index is 0.681. The molecule has 0 atom stereocenters. The van der Waals surface area contributed by atoms with Crippen LogP contribution in [0.2, 0.25) is 5.02 Å². The number of hydrogen-bond donors (Lipinski definition) is 1. The smallest absolute Gasteiger partial charge is 0.159 e. The Bertz CT molecular complexity index is 816. The molecule has 1 N–H and O–H groups in total. The SMILES string of the molecule is Clc1cn[nH]c1CN1CCc2nc(-c3ccncc3)ncc2C1. The van der Waals surface area contributed by atoms with E-state index in [0.29, 0.717) is 5.02 Å². The Morgan fingerprint density at radius 1 is 1.22 bits per heavy atom. The number of aromatic nitrogens is 5. The van der Waals surface area contributed by atoms with E-state index in [1.807, 2.05) is 18.3 Å². The molecule has 116 valence electrons. The molecule has 3 aromatic heterocycles. The molecule has 7 heteroatoms. The number of rotatable bonds is 3. The summed E-state index contributed by atoms with van der Waals surface area (Å²) in [4.78, 5) is 15.6. The van der Waals surface area contributed by atoms with Crippen molar-refractivity contribution in [1.29, 1.82) is 0 Å². The quantitative estimate of drug-likeness (QED) is 0.800. The van der Waals surface area contributed by atoms with Crippen molar-refractivity contribution in [3.8, 4) is 11.4 Å². The van der Waals surface area contributed by atoms with E-state index in [1.54, 1.807) is 18.6 Å². The summed E-state index contributed by atoms with van der Waals surface area (Å²) in [5, 5.41) is 7.59. The average molecular weight is 327 g/mol. The van der Waals surface area contributed by atoms with Crippen LogP contribution in [0, 0.1) is 0 Å². The molecule has 0 saturated heterocycles. The normalized spacial score (nSPS) is 14.7. The Morgan fingerprint density at radius 3 is 2.87 bits per heavy atom. The number of fused-ring (bicyclic) bond motifs is 1. The topological polar surface area (TPSA) is 70.6 Å². The van der Waals surface area contributed by atoms with Gasteiger partial charge in [0.1, 0.15) is 0 Å². The molecule has 1 aliphatic rings. The standard InChI is InChI=1S/C16H15ClN6/c17-13-8-20-22-15(13)10-23-6-3-14-12(9-23)7-19-16(21-14)11-1-4-18-5-2-11/h1-2,4-5,7-8H,3,6,9-10H2,(H,20,22). The van der Waals surface area contributed by atoms with Crippen molar-refractivity contribution in [2.24, 2.45) is 0 Å². The third-order valence-corrected chi connectivity index (χ3v) is 4.32. The molecule has 0 bridgehead atoms. The first kappa shape index (κ1) is 14.3. The van der Waals surface area contributed by atoms with Crippen LogP contribution in [-0.4, -0.2) is 36.6 Å². The summed E-state index contributed by atoms with van der Waals surface area (Å²) >= 11 is 6.10. The molecule has 0 saturated carbocycles. The minimum Gasteiger partial charge on any atom is -0.293 e. The van der Waals surface area contributed by atoms with Crippen molar-refractivity contribution < 1.29 is 0 Å². The molecule has 0 radical (unpaired) electrons. The van der Waals surface area contributed by atoms with Gasteiger partial charge in [-0.15, -0.1) is 0 Å². The number of pyridine rings is 1. The first-order chi connectivity index (χ1) is 11.3. The number of hydrogen-bond acceptors (Lipinski definition) is 5. The van der Waals surface area contributed by atoms with Crippen LogP contribution < -0.4 is 0 Å². The maximum atomic E-state index is 6.10. The summed E-state index contributed by atoms with van der Waals surface area (Å²) in [6.45, 7) is 2.51. The molecule has 6 nitrogen and oxygen atoms in total. The summed E-state index contributed by atoms with van der Waals surface area (Å²) in [5.74, 6) is 0.760. The lowest BCUT2D eigenvalue weighted by atomic mass is 10.1. The van der Waals surface area contributed by atoms with Crippen molar-refractivity contribution in [3.05, 3.63) is 58.9 Å². The van der Waals surface area contributed by atoms with Gasteiger partial charge in [0.25, 0.3) is 0 Å². The zero-order valence-electron chi connectivity index (χ0n) is 12.4. The second kappa shape index (κ2) is 6.06. The second-order valence-electron chi connectivity index (χ2n) is 5.56. The van der Waals surface area contributed by atoms with Crippen LogP contribution in [0.25, 0.3) is 11.4 Å². The molecule has 0 aliphatic carbocycles. The van der Waals surface area contributed by atoms with Gasteiger partial charge in [0.2, 0.25) is 0 Å². The highest BCUT2D eigenvalue weighted by Crippen LogP contribution is 2.22. The van der Waals surface area contributed by atoms with E-state index in [2.05, 4.69) is 25.1 Å². The van der Waals surface area contributed by atoms with Crippen molar-refractivity contribution in [1.82, 2.24) is 30.0 Å². The molecule has 1 aliphatic heterocycles. The fourth-order valence-corrected chi connectivity index (χ4v) is 2.93. The lowest BCUT2D eigenvalue weighted by Gasteiger charge is -2.27. The zero-order valence-corrected chi connectivity index (χ0v) is 13.2. The van der Waals surface area contributed by atoms with E-state index in [4.69, 9.17) is 16.6 Å². The number of halogens is 1. The van der Waals surface area contributed by atoms with Gasteiger partial charge in [-0.1, -0.05) is 11.6 Å². The first-order valence-electron chi connectivity index (χ1n) is 7.45. The predicted molar refractivity (Wildman–Crippen MR) is 86.7 cm³/mol. The summed E-state index contributed by atoms with van der Waals surface area (Å²) in [6, 6.07) is 3.86. The molecule has 4 heterocycles. The van der Waals surface area contributed by atoms with Crippen LogP contribution in [0.15, 0.2) is 36.9 Å². The van der Waals surface area contributed by atoms with Crippen molar-refractivity contribution in [3.63, 3.8) is 0 Å². The average Bonchev–Trinajstić information content (AvgIpc) is 3.00. The van der Waals surface area contributed by atoms with Crippen molar-refractivity contribution >= 4 is 11.6 Å². The van der Waals surface area contributed by atoms with Crippen molar-refractivity contribution in [2.75, 3.05) is 6.54 Å². The molecular weight excluding hydrogens is 312 g/mol. The minimum atomic E-state index is 0.681. The lowest BCUT2D eigenvalue weighted by molar-refractivity contribution is 0.240. The van der Waals surface area contributed by atoms with E-state index in [1.165, 1.54) is 5.56 Å². The number of nitrogens with zero attached hydrogens (tertiary/aromatic N) is 5. The van der Waals surface area contributed by atoms with Crippen LogP contribution in [0.1, 0.15) is 17.0 Å². The highest BCUT2D eigenvalue weighted by molar-refractivity contribution is 6.31. The maximum absolute atomic E-state index is 6.10. The van der Waals surface area contributed by atoms with Gasteiger partial charge >= 0.3 is 0 Å². The van der Waals surface area contributed by atoms with Gasteiger partial charge in [0.15, 0.2) is 5.82 Å². The van der Waals surface area contributed by atoms with Crippen LogP contribution >= 0.6 is 11.6 Å². The molecule has 0 amide bonds. The number of aromatic amines is 1. The van der Waals surface area contributed by atoms with Crippen LogP contribution in [0.3, 0.4) is 0 Å². The highest BCUT2D eigenvalue weighted by Gasteiger charge is 2.20. The van der Waals surface area contributed by atoms with Crippen LogP contribution in [-0.2, 0) is 19.5 Å². The number of nitrogens with one attached hydrogen (secondary N) is 1. The first-order valence-corrected chi connectivity index (χ1v) is 7.82. The van der Waals surface area contributed by atoms with Gasteiger partial charge < -0.3 is 0 Å². The Morgan fingerprint density at radius 2 is 2.09 bits per heavy atom. The fourth-order valence-electron chi connectivity index (χ4n) is 2.78. The van der Waals surface area contributed by atoms with Gasteiger partial charge in [-0.05, 0) is 12.1 Å². The van der Waals surface area contributed by atoms with Gasteiger partial charge in [0, 0.05) is 55.8 Å². The predicted octanol–water partition coefficient (Wildman–Crippen LogP) is 2.47. The van der Waals surface area contributed by atoms with Crippen LogP contribution in [0.4, 0.5) is 0 Å². The lowest BCUT2D eigenvalue weighted by Crippen LogP contribution is -2.31. The van der Waals surface area contributed by atoms with E-state index < -0.39 is 0 Å². The zero-order chi connectivity index (χ0) is 15.6. The third kappa shape index (κ3) is 2.95. The summed E-state index contributed by atoms with van der Waals surface area (Å²) < 4.78 is 0. The van der Waals surface area contributed by atoms with Crippen molar-refractivity contribution in [2.45, 2.75) is 19.5 Å². The third-order valence-electron chi connectivity index (χ3n) is 4.00. The van der Waals surface area contributed by atoms with E-state index in [-0.39, 0.29) is 0 Å². The van der Waals surface area contributed by atoms with Gasteiger partial charge in [-0.3, -0.25) is 15.0 Å². The van der Waals surface area contributed by atoms with E-state index >= 15 is 0 Å². The monoisotopic (exact) mass is 326 g/mol. The molecule has 0 aromatic carbocycles. The largest absolute Gasteiger partial charge is 0.293 e. The Hall–Kier alpha value is -2.31. The van der Waals surface area contributed by atoms with Gasteiger partial charge in [-0.2, -0.15) is 5.10 Å². The van der Waals surface area contributed by atoms with Gasteiger partial charge in [0.05, 0.1) is 22.6 Å². The Kier molecular flexibility index (Phi) is 3.77. The summed E-state index contributed by atoms with van der Waals surface area (Å²) in [7, 11) is 0. The summed E-state index contributed by atoms with van der Waals surface area (Å²) in [6.07, 6.45) is 7.99. The fraction of sp³-hybridized carbons (Fsp3) is 0.250. The second-order valence-corrected chi connectivity index (χ2v) is 5.97. The maximum Gasteiger partial charge on any atom is 0.159 e. The van der Waals surface area contributed by atoms with E-state index in [0.717, 1.165) is 48.8 Å². The highest BCUT2D eigenvalue weighted by atomic mass is 35.5. The molecule has 0 spiro atoms. The summed E-state index contributed by atoms with van der Waals surface area (Å²) in [5.41, 5.74) is 4.24. The molecule has 0 fully saturated rings. The molecule has 4 rings (SSSR count). The van der Waals surface area contributed by atoms with Gasteiger partial charge in [-0.25, -0.2) is 9.97 Å². The number of H-pyrrole nitrogens is 1.